The average Bonchev–Trinajstić information content (AvgIpc) is 2.39. The number of benzene rings is 2. The van der Waals surface area contributed by atoms with Crippen LogP contribution >= 0.6 is 31.9 Å². The first kappa shape index (κ1) is 14.6. The van der Waals surface area contributed by atoms with Gasteiger partial charge in [0.15, 0.2) is 0 Å². The van der Waals surface area contributed by atoms with Gasteiger partial charge < -0.3 is 11.1 Å². The summed E-state index contributed by atoms with van der Waals surface area (Å²) < 4.78 is 2.18. The normalized spacial score (nSPS) is 12.2. The Morgan fingerprint density at radius 1 is 1.16 bits per heavy atom. The van der Waals surface area contributed by atoms with E-state index in [-0.39, 0.29) is 6.04 Å². The molecule has 0 bridgehead atoms. The van der Waals surface area contributed by atoms with Crippen molar-refractivity contribution in [3.63, 3.8) is 0 Å². The molecule has 0 aliphatic heterocycles. The predicted octanol–water partition coefficient (Wildman–Crippen LogP) is 4.63. The van der Waals surface area contributed by atoms with Crippen molar-refractivity contribution in [3.8, 4) is 0 Å². The molecule has 2 nitrogen and oxygen atoms in total. The minimum atomic E-state index is 0.112. The molecule has 2 rings (SSSR count). The Morgan fingerprint density at radius 2 is 1.95 bits per heavy atom. The third-order valence-electron chi connectivity index (χ3n) is 2.99. The molecule has 3 N–H and O–H groups in total. The summed E-state index contributed by atoms with van der Waals surface area (Å²) in [7, 11) is 0. The van der Waals surface area contributed by atoms with Gasteiger partial charge in [0.1, 0.15) is 0 Å². The molecule has 2 aromatic carbocycles. The molecular formula is C15H16Br2N2. The van der Waals surface area contributed by atoms with E-state index in [2.05, 4.69) is 62.3 Å². The molecule has 0 saturated carbocycles. The number of nitrogens with one attached hydrogen (secondary N) is 1. The molecule has 0 amide bonds. The van der Waals surface area contributed by atoms with Crippen molar-refractivity contribution in [3.05, 3.63) is 62.5 Å². The van der Waals surface area contributed by atoms with Crippen LogP contribution in [0.2, 0.25) is 0 Å². The molecule has 100 valence electrons. The summed E-state index contributed by atoms with van der Waals surface area (Å²) in [5, 5.41) is 3.46. The topological polar surface area (TPSA) is 38.0 Å². The number of anilines is 1. The van der Waals surface area contributed by atoms with Crippen LogP contribution in [-0.2, 0) is 0 Å². The Hall–Kier alpha value is -0.840. The fourth-order valence-electron chi connectivity index (χ4n) is 1.94. The highest BCUT2D eigenvalue weighted by Gasteiger charge is 2.10. The van der Waals surface area contributed by atoms with Crippen LogP contribution in [0.25, 0.3) is 0 Å². The molecule has 2 aromatic rings. The lowest BCUT2D eigenvalue weighted by Crippen LogP contribution is -2.20. The molecule has 0 aliphatic rings. The lowest BCUT2D eigenvalue weighted by atomic mass is 10.0. The number of aryl methyl sites for hydroxylation is 1. The number of halogens is 2. The zero-order valence-corrected chi connectivity index (χ0v) is 13.8. The lowest BCUT2D eigenvalue weighted by Gasteiger charge is -2.19. The van der Waals surface area contributed by atoms with E-state index in [9.17, 15) is 0 Å². The summed E-state index contributed by atoms with van der Waals surface area (Å²) in [6, 6.07) is 14.5. The molecule has 0 spiro atoms. The first-order valence-electron chi connectivity index (χ1n) is 6.08. The van der Waals surface area contributed by atoms with Gasteiger partial charge in [0.05, 0.1) is 6.04 Å². The average molecular weight is 384 g/mol. The first-order chi connectivity index (χ1) is 9.10. The molecule has 0 saturated heterocycles. The monoisotopic (exact) mass is 382 g/mol. The van der Waals surface area contributed by atoms with Crippen LogP contribution in [0.1, 0.15) is 17.2 Å². The van der Waals surface area contributed by atoms with E-state index >= 15 is 0 Å². The fourth-order valence-corrected chi connectivity index (χ4v) is 2.59. The Bertz CT molecular complexity index is 570. The Labute approximate surface area is 130 Å². The van der Waals surface area contributed by atoms with Crippen LogP contribution in [0.15, 0.2) is 51.4 Å². The Kier molecular flexibility index (Phi) is 5.02. The SMILES string of the molecule is Cc1cc(C(CN)Nc2cccc(Br)c2)ccc1Br. The molecule has 1 atom stereocenters. The second kappa shape index (κ2) is 6.55. The molecule has 1 unspecified atom stereocenters. The Morgan fingerprint density at radius 3 is 2.58 bits per heavy atom. The maximum absolute atomic E-state index is 5.89. The number of hydrogen-bond donors (Lipinski definition) is 2. The van der Waals surface area contributed by atoms with Gasteiger partial charge in [-0.25, -0.2) is 0 Å². The van der Waals surface area contributed by atoms with E-state index in [0.717, 1.165) is 14.6 Å². The smallest absolute Gasteiger partial charge is 0.0636 e. The van der Waals surface area contributed by atoms with Gasteiger partial charge in [-0.15, -0.1) is 0 Å². The maximum Gasteiger partial charge on any atom is 0.0636 e. The Balaban J connectivity index is 2.22. The minimum Gasteiger partial charge on any atom is -0.377 e. The maximum atomic E-state index is 5.89. The number of rotatable bonds is 4. The van der Waals surface area contributed by atoms with Crippen LogP contribution in [0.3, 0.4) is 0 Å². The van der Waals surface area contributed by atoms with Crippen LogP contribution < -0.4 is 11.1 Å². The molecular weight excluding hydrogens is 368 g/mol. The van der Waals surface area contributed by atoms with E-state index in [1.165, 1.54) is 11.1 Å². The van der Waals surface area contributed by atoms with Gasteiger partial charge in [-0.1, -0.05) is 50.1 Å². The summed E-state index contributed by atoms with van der Waals surface area (Å²) in [5.74, 6) is 0. The predicted molar refractivity (Wildman–Crippen MR) is 88.4 cm³/mol. The minimum absolute atomic E-state index is 0.112. The fraction of sp³-hybridized carbons (Fsp3) is 0.200. The standard InChI is InChI=1S/C15H16Br2N2/c1-10-7-11(5-6-14(10)17)15(9-18)19-13-4-2-3-12(16)8-13/h2-8,15,19H,9,18H2,1H3. The summed E-state index contributed by atoms with van der Waals surface area (Å²) in [6.07, 6.45) is 0. The van der Waals surface area contributed by atoms with Gasteiger partial charge in [-0.05, 0) is 42.3 Å². The first-order valence-corrected chi connectivity index (χ1v) is 7.67. The number of nitrogens with two attached hydrogens (primary N) is 1. The van der Waals surface area contributed by atoms with Crippen LogP contribution in [0, 0.1) is 6.92 Å². The van der Waals surface area contributed by atoms with Crippen molar-refractivity contribution in [1.82, 2.24) is 0 Å². The molecule has 0 aliphatic carbocycles. The third kappa shape index (κ3) is 3.81. The van der Waals surface area contributed by atoms with Crippen molar-refractivity contribution >= 4 is 37.5 Å². The molecule has 0 heterocycles. The second-order valence-corrected chi connectivity index (χ2v) is 6.22. The molecule has 0 fully saturated rings. The van der Waals surface area contributed by atoms with E-state index in [4.69, 9.17) is 5.73 Å². The van der Waals surface area contributed by atoms with Gasteiger partial charge in [0.25, 0.3) is 0 Å². The summed E-state index contributed by atoms with van der Waals surface area (Å²) >= 11 is 6.99. The highest BCUT2D eigenvalue weighted by Crippen LogP contribution is 2.25. The molecule has 4 heteroatoms. The van der Waals surface area contributed by atoms with Crippen LogP contribution in [0.5, 0.6) is 0 Å². The van der Waals surface area contributed by atoms with E-state index in [0.29, 0.717) is 6.54 Å². The number of hydrogen-bond acceptors (Lipinski definition) is 2. The zero-order chi connectivity index (χ0) is 13.8. The van der Waals surface area contributed by atoms with Gasteiger partial charge in [0, 0.05) is 21.2 Å². The molecule has 19 heavy (non-hydrogen) atoms. The summed E-state index contributed by atoms with van der Waals surface area (Å²) in [4.78, 5) is 0. The quantitative estimate of drug-likeness (QED) is 0.807. The highest BCUT2D eigenvalue weighted by molar-refractivity contribution is 9.10. The third-order valence-corrected chi connectivity index (χ3v) is 4.37. The zero-order valence-electron chi connectivity index (χ0n) is 10.7. The van der Waals surface area contributed by atoms with Crippen molar-refractivity contribution < 1.29 is 0 Å². The summed E-state index contributed by atoms with van der Waals surface area (Å²) in [5.41, 5.74) is 9.37. The van der Waals surface area contributed by atoms with E-state index < -0.39 is 0 Å². The van der Waals surface area contributed by atoms with Crippen LogP contribution in [-0.4, -0.2) is 6.54 Å². The van der Waals surface area contributed by atoms with Crippen molar-refractivity contribution in [2.45, 2.75) is 13.0 Å². The van der Waals surface area contributed by atoms with E-state index in [1.807, 2.05) is 24.3 Å². The largest absolute Gasteiger partial charge is 0.377 e. The summed E-state index contributed by atoms with van der Waals surface area (Å²) in [6.45, 7) is 2.63. The van der Waals surface area contributed by atoms with Gasteiger partial charge in [-0.2, -0.15) is 0 Å². The van der Waals surface area contributed by atoms with Gasteiger partial charge >= 0.3 is 0 Å². The van der Waals surface area contributed by atoms with Crippen molar-refractivity contribution in [1.29, 1.82) is 0 Å². The van der Waals surface area contributed by atoms with Crippen molar-refractivity contribution in [2.75, 3.05) is 11.9 Å². The van der Waals surface area contributed by atoms with Crippen molar-refractivity contribution in [2.24, 2.45) is 5.73 Å². The molecule has 0 aromatic heterocycles. The van der Waals surface area contributed by atoms with Crippen LogP contribution in [0.4, 0.5) is 5.69 Å². The van der Waals surface area contributed by atoms with Gasteiger partial charge in [0.2, 0.25) is 0 Å². The lowest BCUT2D eigenvalue weighted by molar-refractivity contribution is 0.788. The van der Waals surface area contributed by atoms with E-state index in [1.54, 1.807) is 0 Å². The second-order valence-electron chi connectivity index (χ2n) is 4.45. The molecule has 0 radical (unpaired) electrons. The van der Waals surface area contributed by atoms with Gasteiger partial charge in [-0.3, -0.25) is 0 Å². The highest BCUT2D eigenvalue weighted by atomic mass is 79.9.